The highest BCUT2D eigenvalue weighted by molar-refractivity contribution is 7.20. The molecule has 7 nitrogen and oxygen atoms in total. The summed E-state index contributed by atoms with van der Waals surface area (Å²) < 4.78 is 12.6. The van der Waals surface area contributed by atoms with E-state index in [9.17, 15) is 9.59 Å². The van der Waals surface area contributed by atoms with Gasteiger partial charge in [0, 0.05) is 22.0 Å². The van der Waals surface area contributed by atoms with E-state index in [-0.39, 0.29) is 18.5 Å². The van der Waals surface area contributed by atoms with Crippen LogP contribution in [0.5, 0.6) is 11.5 Å². The van der Waals surface area contributed by atoms with Crippen LogP contribution in [0.4, 0.5) is 5.69 Å². The van der Waals surface area contributed by atoms with Crippen LogP contribution >= 0.6 is 22.9 Å². The minimum atomic E-state index is -0.309. The van der Waals surface area contributed by atoms with Crippen LogP contribution in [0, 0.1) is 6.92 Å². The molecule has 0 atom stereocenters. The molecule has 0 spiro atoms. The molecule has 3 heterocycles. The third-order valence-corrected chi connectivity index (χ3v) is 6.77. The molecular formula is C23H18ClN3O4S. The number of hydrogen-bond acceptors (Lipinski definition) is 6. The molecule has 1 amide bonds. The van der Waals surface area contributed by atoms with E-state index in [1.807, 2.05) is 41.9 Å². The zero-order chi connectivity index (χ0) is 22.4. The van der Waals surface area contributed by atoms with Crippen molar-refractivity contribution in [1.82, 2.24) is 9.78 Å². The summed E-state index contributed by atoms with van der Waals surface area (Å²) in [4.78, 5) is 26.6. The number of halogens is 1. The van der Waals surface area contributed by atoms with Crippen molar-refractivity contribution in [2.45, 2.75) is 20.4 Å². The summed E-state index contributed by atoms with van der Waals surface area (Å²) in [5, 5.41) is 9.04. The predicted molar refractivity (Wildman–Crippen MR) is 123 cm³/mol. The van der Waals surface area contributed by atoms with Gasteiger partial charge in [0.15, 0.2) is 17.3 Å². The molecule has 2 aromatic carbocycles. The fraction of sp³-hybridized carbons (Fsp3) is 0.174. The first kappa shape index (κ1) is 20.5. The van der Waals surface area contributed by atoms with Gasteiger partial charge in [-0.3, -0.25) is 14.3 Å². The molecule has 32 heavy (non-hydrogen) atoms. The molecule has 0 fully saturated rings. The molecule has 1 N–H and O–H groups in total. The highest BCUT2D eigenvalue weighted by Crippen LogP contribution is 2.38. The summed E-state index contributed by atoms with van der Waals surface area (Å²) >= 11 is 7.65. The maximum absolute atomic E-state index is 13.1. The Labute approximate surface area is 192 Å². The Morgan fingerprint density at radius 3 is 2.69 bits per heavy atom. The fourth-order valence-electron chi connectivity index (χ4n) is 3.64. The van der Waals surface area contributed by atoms with E-state index in [0.717, 1.165) is 21.5 Å². The molecule has 0 aliphatic carbocycles. The highest BCUT2D eigenvalue weighted by Gasteiger charge is 2.22. The number of thiophene rings is 1. The Morgan fingerprint density at radius 1 is 1.19 bits per heavy atom. The fourth-order valence-corrected chi connectivity index (χ4v) is 4.89. The van der Waals surface area contributed by atoms with Gasteiger partial charge in [-0.15, -0.1) is 11.3 Å². The van der Waals surface area contributed by atoms with Gasteiger partial charge in [0.2, 0.25) is 6.79 Å². The number of nitrogens with one attached hydrogen (secondary N) is 1. The van der Waals surface area contributed by atoms with Crippen molar-refractivity contribution in [1.29, 1.82) is 0 Å². The molecular weight excluding hydrogens is 450 g/mol. The standard InChI is InChI=1S/C23H18ClN3O4S/c1-12-15-8-21(32-23(15)27(26-12)10-14-5-3-4-6-17(14)24)22(29)25-18-9-20-19(30-11-31-20)7-16(18)13(2)28/h3-9H,10-11H2,1-2H3,(H,25,29). The summed E-state index contributed by atoms with van der Waals surface area (Å²) in [5.41, 5.74) is 2.53. The Morgan fingerprint density at radius 2 is 1.94 bits per heavy atom. The molecule has 4 aromatic rings. The molecule has 0 saturated carbocycles. The quantitative estimate of drug-likeness (QED) is 0.403. The van der Waals surface area contributed by atoms with Crippen molar-refractivity contribution in [2.24, 2.45) is 0 Å². The Kier molecular flexibility index (Phi) is 5.11. The number of carbonyl (C=O) groups is 2. The molecule has 0 radical (unpaired) electrons. The summed E-state index contributed by atoms with van der Waals surface area (Å²) in [6.07, 6.45) is 0. The number of ether oxygens (including phenoxy) is 2. The number of carbonyl (C=O) groups excluding carboxylic acids is 2. The zero-order valence-electron chi connectivity index (χ0n) is 17.3. The molecule has 0 saturated heterocycles. The average molecular weight is 468 g/mol. The van der Waals surface area contributed by atoms with E-state index in [1.54, 1.807) is 12.1 Å². The van der Waals surface area contributed by atoms with Crippen molar-refractivity contribution in [3.8, 4) is 11.5 Å². The van der Waals surface area contributed by atoms with Crippen molar-refractivity contribution in [3.63, 3.8) is 0 Å². The number of Topliss-reactive ketones (excluding diaryl/α,β-unsaturated/α-hetero) is 1. The molecule has 1 aliphatic heterocycles. The van der Waals surface area contributed by atoms with Crippen LogP contribution in [0.25, 0.3) is 10.2 Å². The molecule has 162 valence electrons. The number of benzene rings is 2. The van der Waals surface area contributed by atoms with Crippen LogP contribution < -0.4 is 14.8 Å². The van der Waals surface area contributed by atoms with E-state index >= 15 is 0 Å². The zero-order valence-corrected chi connectivity index (χ0v) is 18.8. The van der Waals surface area contributed by atoms with Crippen molar-refractivity contribution in [3.05, 3.63) is 69.2 Å². The van der Waals surface area contributed by atoms with Gasteiger partial charge >= 0.3 is 0 Å². The second-order valence-electron chi connectivity index (χ2n) is 7.43. The van der Waals surface area contributed by atoms with Crippen LogP contribution in [-0.2, 0) is 6.54 Å². The van der Waals surface area contributed by atoms with Crippen LogP contribution in [0.3, 0.4) is 0 Å². The van der Waals surface area contributed by atoms with E-state index in [2.05, 4.69) is 10.4 Å². The number of rotatable bonds is 5. The summed E-state index contributed by atoms with van der Waals surface area (Å²) in [5.74, 6) is 0.496. The predicted octanol–water partition coefficient (Wildman–Crippen LogP) is 5.29. The summed E-state index contributed by atoms with van der Waals surface area (Å²) in [7, 11) is 0. The molecule has 1 aliphatic rings. The Balaban J connectivity index is 1.46. The first-order chi connectivity index (χ1) is 15.4. The van der Waals surface area contributed by atoms with Gasteiger partial charge in [-0.25, -0.2) is 0 Å². The number of fused-ring (bicyclic) bond motifs is 2. The Hall–Kier alpha value is -3.36. The molecule has 0 bridgehead atoms. The van der Waals surface area contributed by atoms with Crippen molar-refractivity contribution >= 4 is 50.5 Å². The van der Waals surface area contributed by atoms with E-state index < -0.39 is 0 Å². The molecule has 2 aromatic heterocycles. The van der Waals surface area contributed by atoms with Crippen LogP contribution in [0.2, 0.25) is 5.02 Å². The largest absolute Gasteiger partial charge is 0.454 e. The van der Waals surface area contributed by atoms with Crippen LogP contribution in [-0.4, -0.2) is 28.3 Å². The van der Waals surface area contributed by atoms with E-state index in [1.165, 1.54) is 18.3 Å². The maximum atomic E-state index is 13.1. The molecule has 5 rings (SSSR count). The summed E-state index contributed by atoms with van der Waals surface area (Å²) in [6.45, 7) is 3.94. The smallest absolute Gasteiger partial charge is 0.265 e. The topological polar surface area (TPSA) is 82.5 Å². The number of aromatic nitrogens is 2. The normalized spacial score (nSPS) is 12.3. The molecule has 0 unspecified atom stereocenters. The number of ketones is 1. The third kappa shape index (κ3) is 3.61. The minimum Gasteiger partial charge on any atom is -0.454 e. The lowest BCUT2D eigenvalue weighted by Crippen LogP contribution is -2.13. The lowest BCUT2D eigenvalue weighted by atomic mass is 10.1. The van der Waals surface area contributed by atoms with E-state index in [0.29, 0.717) is 39.2 Å². The second-order valence-corrected chi connectivity index (χ2v) is 8.86. The number of hydrogen-bond donors (Lipinski definition) is 1. The van der Waals surface area contributed by atoms with Crippen molar-refractivity contribution < 1.29 is 19.1 Å². The van der Waals surface area contributed by atoms with Gasteiger partial charge < -0.3 is 14.8 Å². The monoisotopic (exact) mass is 467 g/mol. The minimum absolute atomic E-state index is 0.0849. The Bertz CT molecular complexity index is 1390. The van der Waals surface area contributed by atoms with E-state index in [4.69, 9.17) is 21.1 Å². The first-order valence-electron chi connectivity index (χ1n) is 9.87. The van der Waals surface area contributed by atoms with Gasteiger partial charge in [0.05, 0.1) is 22.8 Å². The van der Waals surface area contributed by atoms with Gasteiger partial charge in [0.1, 0.15) is 4.83 Å². The second kappa shape index (κ2) is 7.96. The number of amides is 1. The van der Waals surface area contributed by atoms with Gasteiger partial charge in [-0.1, -0.05) is 29.8 Å². The van der Waals surface area contributed by atoms with Crippen LogP contribution in [0.15, 0.2) is 42.5 Å². The lowest BCUT2D eigenvalue weighted by molar-refractivity contribution is 0.101. The SMILES string of the molecule is CC(=O)c1cc2c(cc1NC(=O)c1cc3c(C)nn(Cc4ccccc4Cl)c3s1)OCO2. The van der Waals surface area contributed by atoms with Crippen molar-refractivity contribution in [2.75, 3.05) is 12.1 Å². The first-order valence-corrected chi connectivity index (χ1v) is 11.1. The van der Waals surface area contributed by atoms with Gasteiger partial charge in [-0.05, 0) is 37.6 Å². The van der Waals surface area contributed by atoms with Gasteiger partial charge in [0.25, 0.3) is 5.91 Å². The number of nitrogens with zero attached hydrogens (tertiary/aromatic N) is 2. The lowest BCUT2D eigenvalue weighted by Gasteiger charge is -2.10. The van der Waals surface area contributed by atoms with Crippen LogP contribution in [0.1, 0.15) is 38.2 Å². The molecule has 9 heteroatoms. The number of aryl methyl sites for hydroxylation is 1. The number of anilines is 1. The van der Waals surface area contributed by atoms with Gasteiger partial charge in [-0.2, -0.15) is 5.10 Å². The average Bonchev–Trinajstić information content (AvgIpc) is 3.46. The summed E-state index contributed by atoms with van der Waals surface area (Å²) in [6, 6.07) is 12.6. The maximum Gasteiger partial charge on any atom is 0.265 e. The third-order valence-electron chi connectivity index (χ3n) is 5.25. The highest BCUT2D eigenvalue weighted by atomic mass is 35.5.